The standard InChI is InChI=1S/C15H14O/c16-8-7-11-5-6-13-10-12-3-1-2-4-14(12)15(13)9-11/h1-6,9,16H,7-8,10H2. The molecule has 80 valence electrons. The van der Waals surface area contributed by atoms with Crippen molar-refractivity contribution in [3.8, 4) is 11.1 Å². The van der Waals surface area contributed by atoms with Gasteiger partial charge in [-0.2, -0.15) is 0 Å². The number of fused-ring (bicyclic) bond motifs is 3. The topological polar surface area (TPSA) is 20.2 Å². The molecule has 1 aliphatic rings. The highest BCUT2D eigenvalue weighted by molar-refractivity contribution is 5.77. The second-order valence-electron chi connectivity index (χ2n) is 4.30. The van der Waals surface area contributed by atoms with Crippen molar-refractivity contribution < 1.29 is 5.11 Å². The zero-order valence-electron chi connectivity index (χ0n) is 9.11. The highest BCUT2D eigenvalue weighted by Crippen LogP contribution is 2.36. The van der Waals surface area contributed by atoms with E-state index in [1.807, 2.05) is 0 Å². The molecule has 2 aromatic carbocycles. The summed E-state index contributed by atoms with van der Waals surface area (Å²) in [6.07, 6.45) is 1.79. The van der Waals surface area contributed by atoms with Gasteiger partial charge in [0.2, 0.25) is 0 Å². The Balaban J connectivity index is 2.11. The van der Waals surface area contributed by atoms with E-state index in [0.29, 0.717) is 0 Å². The van der Waals surface area contributed by atoms with E-state index in [1.54, 1.807) is 0 Å². The number of aliphatic hydroxyl groups is 1. The fourth-order valence-electron chi connectivity index (χ4n) is 2.46. The predicted octanol–water partition coefficient (Wildman–Crippen LogP) is 2.79. The molecule has 1 aliphatic carbocycles. The van der Waals surface area contributed by atoms with Crippen molar-refractivity contribution >= 4 is 0 Å². The molecule has 0 amide bonds. The number of rotatable bonds is 2. The molecule has 0 heterocycles. The van der Waals surface area contributed by atoms with Crippen molar-refractivity contribution in [2.75, 3.05) is 6.61 Å². The molecule has 0 saturated heterocycles. The lowest BCUT2D eigenvalue weighted by molar-refractivity contribution is 0.299. The van der Waals surface area contributed by atoms with Gasteiger partial charge in [-0.3, -0.25) is 0 Å². The Morgan fingerprint density at radius 3 is 2.62 bits per heavy atom. The smallest absolute Gasteiger partial charge is 0.0471 e. The van der Waals surface area contributed by atoms with Crippen LogP contribution in [0, 0.1) is 0 Å². The summed E-state index contributed by atoms with van der Waals surface area (Å²) < 4.78 is 0. The molecule has 1 nitrogen and oxygen atoms in total. The Hall–Kier alpha value is -1.60. The van der Waals surface area contributed by atoms with Crippen LogP contribution in [0.4, 0.5) is 0 Å². The molecule has 0 saturated carbocycles. The molecule has 0 bridgehead atoms. The minimum atomic E-state index is 0.223. The molecule has 0 unspecified atom stereocenters. The van der Waals surface area contributed by atoms with Gasteiger partial charge in [0, 0.05) is 6.61 Å². The lowest BCUT2D eigenvalue weighted by Gasteiger charge is -2.04. The maximum absolute atomic E-state index is 8.96. The van der Waals surface area contributed by atoms with Crippen LogP contribution in [0.1, 0.15) is 16.7 Å². The molecule has 2 aromatic rings. The lowest BCUT2D eigenvalue weighted by Crippen LogP contribution is -1.91. The summed E-state index contributed by atoms with van der Waals surface area (Å²) in [6.45, 7) is 0.223. The minimum Gasteiger partial charge on any atom is -0.396 e. The van der Waals surface area contributed by atoms with Crippen molar-refractivity contribution in [2.45, 2.75) is 12.8 Å². The van der Waals surface area contributed by atoms with Crippen molar-refractivity contribution in [1.29, 1.82) is 0 Å². The number of benzene rings is 2. The first-order valence-electron chi connectivity index (χ1n) is 5.69. The normalized spacial score (nSPS) is 12.3. The highest BCUT2D eigenvalue weighted by Gasteiger charge is 2.17. The summed E-state index contributed by atoms with van der Waals surface area (Å²) in [4.78, 5) is 0. The van der Waals surface area contributed by atoms with Crippen LogP contribution in [-0.2, 0) is 12.8 Å². The fraction of sp³-hybridized carbons (Fsp3) is 0.200. The molecule has 0 aromatic heterocycles. The second kappa shape index (κ2) is 3.76. The lowest BCUT2D eigenvalue weighted by atomic mass is 10.0. The summed E-state index contributed by atoms with van der Waals surface area (Å²) in [5, 5.41) is 8.96. The molecule has 0 radical (unpaired) electrons. The summed E-state index contributed by atoms with van der Waals surface area (Å²) in [5.74, 6) is 0. The Morgan fingerprint density at radius 1 is 0.938 bits per heavy atom. The zero-order chi connectivity index (χ0) is 11.0. The van der Waals surface area contributed by atoms with Crippen LogP contribution >= 0.6 is 0 Å². The van der Waals surface area contributed by atoms with Gasteiger partial charge in [-0.25, -0.2) is 0 Å². The van der Waals surface area contributed by atoms with Crippen LogP contribution in [0.5, 0.6) is 0 Å². The molecule has 1 heteroatoms. The second-order valence-corrected chi connectivity index (χ2v) is 4.30. The molecule has 0 atom stereocenters. The van der Waals surface area contributed by atoms with Crippen molar-refractivity contribution in [3.63, 3.8) is 0 Å². The van der Waals surface area contributed by atoms with E-state index in [0.717, 1.165) is 12.8 Å². The Labute approximate surface area is 95.4 Å². The van der Waals surface area contributed by atoms with E-state index >= 15 is 0 Å². The Kier molecular flexibility index (Phi) is 2.26. The molecule has 16 heavy (non-hydrogen) atoms. The van der Waals surface area contributed by atoms with Gasteiger partial charge in [0.1, 0.15) is 0 Å². The van der Waals surface area contributed by atoms with E-state index in [4.69, 9.17) is 5.11 Å². The van der Waals surface area contributed by atoms with Gasteiger partial charge in [0.25, 0.3) is 0 Å². The SMILES string of the molecule is OCCc1ccc2c(c1)-c1ccccc1C2. The van der Waals surface area contributed by atoms with Gasteiger partial charge in [-0.05, 0) is 40.7 Å². The van der Waals surface area contributed by atoms with Gasteiger partial charge in [-0.1, -0.05) is 42.5 Å². The molecular formula is C15H14O. The first kappa shape index (κ1) is 9.61. The molecule has 1 N–H and O–H groups in total. The summed E-state index contributed by atoms with van der Waals surface area (Å²) in [7, 11) is 0. The van der Waals surface area contributed by atoms with Crippen LogP contribution in [0.3, 0.4) is 0 Å². The summed E-state index contributed by atoms with van der Waals surface area (Å²) in [5.41, 5.74) is 6.75. The van der Waals surface area contributed by atoms with Crippen molar-refractivity contribution in [1.82, 2.24) is 0 Å². The monoisotopic (exact) mass is 210 g/mol. The van der Waals surface area contributed by atoms with Gasteiger partial charge < -0.3 is 5.11 Å². The number of aliphatic hydroxyl groups excluding tert-OH is 1. The van der Waals surface area contributed by atoms with E-state index < -0.39 is 0 Å². The van der Waals surface area contributed by atoms with Crippen molar-refractivity contribution in [3.05, 3.63) is 59.2 Å². The number of hydrogen-bond acceptors (Lipinski definition) is 1. The van der Waals surface area contributed by atoms with Crippen LogP contribution in [0.15, 0.2) is 42.5 Å². The fourth-order valence-corrected chi connectivity index (χ4v) is 2.46. The van der Waals surface area contributed by atoms with Crippen molar-refractivity contribution in [2.24, 2.45) is 0 Å². The predicted molar refractivity (Wildman–Crippen MR) is 65.5 cm³/mol. The third kappa shape index (κ3) is 1.44. The highest BCUT2D eigenvalue weighted by atomic mass is 16.2. The van der Waals surface area contributed by atoms with E-state index in [2.05, 4.69) is 42.5 Å². The van der Waals surface area contributed by atoms with Gasteiger partial charge in [0.15, 0.2) is 0 Å². The summed E-state index contributed by atoms with van der Waals surface area (Å²) in [6, 6.07) is 15.1. The molecule has 0 spiro atoms. The molecular weight excluding hydrogens is 196 g/mol. The molecule has 0 aliphatic heterocycles. The maximum atomic E-state index is 8.96. The van der Waals surface area contributed by atoms with Crippen LogP contribution in [-0.4, -0.2) is 11.7 Å². The Morgan fingerprint density at radius 2 is 1.75 bits per heavy atom. The summed E-state index contributed by atoms with van der Waals surface area (Å²) >= 11 is 0. The van der Waals surface area contributed by atoms with E-state index in [-0.39, 0.29) is 6.61 Å². The zero-order valence-corrected chi connectivity index (χ0v) is 9.11. The van der Waals surface area contributed by atoms with Gasteiger partial charge in [-0.15, -0.1) is 0 Å². The molecule has 0 fully saturated rings. The minimum absolute atomic E-state index is 0.223. The van der Waals surface area contributed by atoms with Crippen LogP contribution in [0.25, 0.3) is 11.1 Å². The van der Waals surface area contributed by atoms with Gasteiger partial charge >= 0.3 is 0 Å². The van der Waals surface area contributed by atoms with Gasteiger partial charge in [0.05, 0.1) is 0 Å². The quantitative estimate of drug-likeness (QED) is 0.689. The van der Waals surface area contributed by atoms with E-state index in [9.17, 15) is 0 Å². The largest absolute Gasteiger partial charge is 0.396 e. The average Bonchev–Trinajstić information content (AvgIpc) is 2.68. The van der Waals surface area contributed by atoms with E-state index in [1.165, 1.54) is 27.8 Å². The first-order chi connectivity index (χ1) is 7.88. The molecule has 3 rings (SSSR count). The third-order valence-electron chi connectivity index (χ3n) is 3.26. The Bertz CT molecular complexity index is 529. The van der Waals surface area contributed by atoms with Crippen LogP contribution in [0.2, 0.25) is 0 Å². The maximum Gasteiger partial charge on any atom is 0.0471 e. The third-order valence-corrected chi connectivity index (χ3v) is 3.26. The van der Waals surface area contributed by atoms with Crippen LogP contribution < -0.4 is 0 Å². The first-order valence-corrected chi connectivity index (χ1v) is 5.69. The average molecular weight is 210 g/mol. The number of hydrogen-bond donors (Lipinski definition) is 1.